The van der Waals surface area contributed by atoms with Gasteiger partial charge in [-0.25, -0.2) is 4.79 Å². The van der Waals surface area contributed by atoms with Crippen LogP contribution in [0.4, 0.5) is 13.6 Å². The number of ether oxygens (including phenoxy) is 1. The molecule has 8 heteroatoms. The zero-order chi connectivity index (χ0) is 18.2. The van der Waals surface area contributed by atoms with E-state index in [0.29, 0.717) is 38.3 Å². The quantitative estimate of drug-likeness (QED) is 0.826. The zero-order valence-corrected chi connectivity index (χ0v) is 14.0. The van der Waals surface area contributed by atoms with Crippen molar-refractivity contribution in [2.75, 3.05) is 32.7 Å². The van der Waals surface area contributed by atoms with Gasteiger partial charge in [0.25, 0.3) is 0 Å². The van der Waals surface area contributed by atoms with E-state index >= 15 is 0 Å². The van der Waals surface area contributed by atoms with Crippen LogP contribution in [0.2, 0.25) is 0 Å². The van der Waals surface area contributed by atoms with E-state index in [2.05, 4.69) is 10.1 Å². The van der Waals surface area contributed by atoms with Crippen LogP contribution < -0.4 is 10.1 Å². The summed E-state index contributed by atoms with van der Waals surface area (Å²) < 4.78 is 28.4. The van der Waals surface area contributed by atoms with Gasteiger partial charge in [-0.1, -0.05) is 12.1 Å². The molecule has 0 aromatic heterocycles. The highest BCUT2D eigenvalue weighted by Crippen LogP contribution is 2.15. The van der Waals surface area contributed by atoms with Gasteiger partial charge in [0.15, 0.2) is 0 Å². The number of nitrogens with one attached hydrogen (secondary N) is 1. The summed E-state index contributed by atoms with van der Waals surface area (Å²) in [6.07, 6.45) is 3.05. The normalized spacial score (nSPS) is 14.9. The number of alkyl halides is 2. The van der Waals surface area contributed by atoms with Crippen LogP contribution in [0.3, 0.4) is 0 Å². The molecular formula is C17H21F2N3O3. The first-order valence-corrected chi connectivity index (χ1v) is 8.04. The van der Waals surface area contributed by atoms with Crippen molar-refractivity contribution in [2.45, 2.75) is 13.5 Å². The molecule has 1 N–H and O–H groups in total. The van der Waals surface area contributed by atoms with Crippen LogP contribution in [0.15, 0.2) is 30.3 Å². The van der Waals surface area contributed by atoms with Gasteiger partial charge in [0.1, 0.15) is 5.75 Å². The minimum atomic E-state index is -2.86. The lowest BCUT2D eigenvalue weighted by Crippen LogP contribution is -2.52. The van der Waals surface area contributed by atoms with Gasteiger partial charge in [-0.15, -0.1) is 0 Å². The first-order chi connectivity index (χ1) is 12.0. The molecule has 1 saturated heterocycles. The Morgan fingerprint density at radius 2 is 1.76 bits per heavy atom. The van der Waals surface area contributed by atoms with Gasteiger partial charge < -0.3 is 19.9 Å². The Morgan fingerprint density at radius 3 is 2.32 bits per heavy atom. The molecule has 136 valence electrons. The van der Waals surface area contributed by atoms with Gasteiger partial charge >= 0.3 is 12.6 Å². The second-order valence-corrected chi connectivity index (χ2v) is 5.43. The molecule has 0 atom stereocenters. The summed E-state index contributed by atoms with van der Waals surface area (Å²) in [4.78, 5) is 27.2. The molecular weight excluding hydrogens is 332 g/mol. The van der Waals surface area contributed by atoms with Crippen molar-refractivity contribution >= 4 is 18.0 Å². The Bertz CT molecular complexity index is 612. The Labute approximate surface area is 145 Å². The number of hydrogen-bond donors (Lipinski definition) is 1. The number of piperazine rings is 1. The lowest BCUT2D eigenvalue weighted by molar-refractivity contribution is -0.127. The highest BCUT2D eigenvalue weighted by atomic mass is 19.3. The number of amides is 3. The number of carbonyl (C=O) groups is 2. The molecule has 1 fully saturated rings. The minimum Gasteiger partial charge on any atom is -0.435 e. The lowest BCUT2D eigenvalue weighted by atomic mass is 10.2. The minimum absolute atomic E-state index is 0.0694. The fraction of sp³-hybridized carbons (Fsp3) is 0.412. The van der Waals surface area contributed by atoms with Crippen molar-refractivity contribution in [1.29, 1.82) is 0 Å². The number of urea groups is 1. The van der Waals surface area contributed by atoms with Crippen LogP contribution in [-0.4, -0.2) is 61.1 Å². The molecule has 0 spiro atoms. The number of rotatable bonds is 5. The van der Waals surface area contributed by atoms with E-state index in [1.807, 2.05) is 6.92 Å². The summed E-state index contributed by atoms with van der Waals surface area (Å²) in [6, 6.07) is 5.91. The summed E-state index contributed by atoms with van der Waals surface area (Å²) in [5.74, 6) is -0.0802. The number of carbonyl (C=O) groups excluding carboxylic acids is 2. The number of benzene rings is 1. The fourth-order valence-electron chi connectivity index (χ4n) is 2.43. The summed E-state index contributed by atoms with van der Waals surface area (Å²) >= 11 is 0. The largest absolute Gasteiger partial charge is 0.435 e. The summed E-state index contributed by atoms with van der Waals surface area (Å²) in [5, 5.41) is 2.73. The van der Waals surface area contributed by atoms with Crippen molar-refractivity contribution in [3.63, 3.8) is 0 Å². The molecule has 0 bridgehead atoms. The van der Waals surface area contributed by atoms with E-state index in [4.69, 9.17) is 0 Å². The average Bonchev–Trinajstić information content (AvgIpc) is 2.61. The summed E-state index contributed by atoms with van der Waals surface area (Å²) in [5.41, 5.74) is 0.705. The predicted octanol–water partition coefficient (Wildman–Crippen LogP) is 2.17. The molecule has 0 unspecified atom stereocenters. The van der Waals surface area contributed by atoms with Crippen molar-refractivity contribution in [1.82, 2.24) is 15.1 Å². The molecule has 1 heterocycles. The first kappa shape index (κ1) is 18.7. The van der Waals surface area contributed by atoms with E-state index < -0.39 is 6.61 Å². The Hall–Kier alpha value is -2.64. The lowest BCUT2D eigenvalue weighted by Gasteiger charge is -2.34. The standard InChI is InChI=1S/C17H21F2N3O3/c1-2-20-17(24)22-11-9-21(10-12-22)15(23)8-5-13-3-6-14(7-4-13)25-16(18)19/h3-8,16H,2,9-12H2,1H3,(H,20,24)/b8-5+. The van der Waals surface area contributed by atoms with Gasteiger partial charge in [0, 0.05) is 38.8 Å². The predicted molar refractivity (Wildman–Crippen MR) is 89.3 cm³/mol. The smallest absolute Gasteiger partial charge is 0.387 e. The van der Waals surface area contributed by atoms with Crippen molar-refractivity contribution in [2.24, 2.45) is 0 Å². The van der Waals surface area contributed by atoms with E-state index in [1.165, 1.54) is 18.2 Å². The first-order valence-electron chi connectivity index (χ1n) is 8.04. The third-order valence-electron chi connectivity index (χ3n) is 3.73. The van der Waals surface area contributed by atoms with Gasteiger partial charge in [-0.3, -0.25) is 4.79 Å². The van der Waals surface area contributed by atoms with Gasteiger partial charge in [0.2, 0.25) is 5.91 Å². The van der Waals surface area contributed by atoms with Crippen molar-refractivity contribution in [3.8, 4) is 5.75 Å². The maximum atomic E-state index is 12.2. The molecule has 3 amide bonds. The molecule has 1 aliphatic heterocycles. The molecule has 25 heavy (non-hydrogen) atoms. The summed E-state index contributed by atoms with van der Waals surface area (Å²) in [7, 11) is 0. The molecule has 0 radical (unpaired) electrons. The van der Waals surface area contributed by atoms with Crippen molar-refractivity contribution in [3.05, 3.63) is 35.9 Å². The number of nitrogens with zero attached hydrogens (tertiary/aromatic N) is 2. The van der Waals surface area contributed by atoms with E-state index in [0.717, 1.165) is 0 Å². The van der Waals surface area contributed by atoms with Crippen molar-refractivity contribution < 1.29 is 23.1 Å². The second kappa shape index (κ2) is 9.00. The maximum absolute atomic E-state index is 12.2. The molecule has 0 aliphatic carbocycles. The van der Waals surface area contributed by atoms with E-state index in [1.54, 1.807) is 28.0 Å². The maximum Gasteiger partial charge on any atom is 0.387 e. The van der Waals surface area contributed by atoms with E-state index in [9.17, 15) is 18.4 Å². The van der Waals surface area contributed by atoms with Gasteiger partial charge in [-0.05, 0) is 30.7 Å². The molecule has 1 aromatic carbocycles. The highest BCUT2D eigenvalue weighted by molar-refractivity contribution is 5.92. The number of halogens is 2. The van der Waals surface area contributed by atoms with Crippen LogP contribution >= 0.6 is 0 Å². The van der Waals surface area contributed by atoms with Crippen LogP contribution in [0.1, 0.15) is 12.5 Å². The highest BCUT2D eigenvalue weighted by Gasteiger charge is 2.22. The Balaban J connectivity index is 1.84. The molecule has 1 aliphatic rings. The summed E-state index contributed by atoms with van der Waals surface area (Å²) in [6.45, 7) is 1.50. The molecule has 1 aromatic rings. The third-order valence-corrected chi connectivity index (χ3v) is 3.73. The van der Waals surface area contributed by atoms with Gasteiger partial charge in [0.05, 0.1) is 0 Å². The fourth-order valence-corrected chi connectivity index (χ4v) is 2.43. The average molecular weight is 353 g/mol. The SMILES string of the molecule is CCNC(=O)N1CCN(C(=O)/C=C/c2ccc(OC(F)F)cc2)CC1. The Morgan fingerprint density at radius 1 is 1.16 bits per heavy atom. The van der Waals surface area contributed by atoms with Crippen LogP contribution in [0.25, 0.3) is 6.08 Å². The third kappa shape index (κ3) is 5.74. The second-order valence-electron chi connectivity index (χ2n) is 5.43. The Kier molecular flexibility index (Phi) is 6.73. The molecule has 0 saturated carbocycles. The monoisotopic (exact) mass is 353 g/mol. The zero-order valence-electron chi connectivity index (χ0n) is 14.0. The molecule has 2 rings (SSSR count). The van der Waals surface area contributed by atoms with Crippen LogP contribution in [0, 0.1) is 0 Å². The van der Waals surface area contributed by atoms with Crippen LogP contribution in [0.5, 0.6) is 5.75 Å². The van der Waals surface area contributed by atoms with E-state index in [-0.39, 0.29) is 17.7 Å². The topological polar surface area (TPSA) is 61.9 Å². The molecule has 6 nitrogen and oxygen atoms in total. The van der Waals surface area contributed by atoms with Gasteiger partial charge in [-0.2, -0.15) is 8.78 Å². The number of hydrogen-bond acceptors (Lipinski definition) is 3. The van der Waals surface area contributed by atoms with Crippen LogP contribution in [-0.2, 0) is 4.79 Å².